The zero-order valence-corrected chi connectivity index (χ0v) is 7.32. The fraction of sp³-hybridized carbons (Fsp3) is 0.625. The van der Waals surface area contributed by atoms with Crippen molar-refractivity contribution < 1.29 is 9.26 Å². The SMILES string of the molecule is Nc1cc(CC2COCCN2)no1. The quantitative estimate of drug-likeness (QED) is 0.663. The zero-order valence-electron chi connectivity index (χ0n) is 7.32. The molecule has 3 N–H and O–H groups in total. The topological polar surface area (TPSA) is 73.3 Å². The van der Waals surface area contributed by atoms with E-state index in [9.17, 15) is 0 Å². The van der Waals surface area contributed by atoms with Crippen molar-refractivity contribution in [1.82, 2.24) is 10.5 Å². The Balaban J connectivity index is 1.89. The molecule has 5 nitrogen and oxygen atoms in total. The number of aromatic nitrogens is 1. The first kappa shape index (κ1) is 8.52. The van der Waals surface area contributed by atoms with Crippen LogP contribution < -0.4 is 11.1 Å². The third-order valence-electron chi connectivity index (χ3n) is 2.03. The maximum absolute atomic E-state index is 5.40. The van der Waals surface area contributed by atoms with Crippen molar-refractivity contribution in [2.24, 2.45) is 0 Å². The summed E-state index contributed by atoms with van der Waals surface area (Å²) < 4.78 is 10.1. The monoisotopic (exact) mass is 183 g/mol. The summed E-state index contributed by atoms with van der Waals surface area (Å²) >= 11 is 0. The van der Waals surface area contributed by atoms with E-state index in [1.165, 1.54) is 0 Å². The van der Waals surface area contributed by atoms with Gasteiger partial charge in [-0.25, -0.2) is 0 Å². The number of hydrogen-bond acceptors (Lipinski definition) is 5. The van der Waals surface area contributed by atoms with Gasteiger partial charge in [0.2, 0.25) is 5.88 Å². The van der Waals surface area contributed by atoms with Crippen molar-refractivity contribution in [3.63, 3.8) is 0 Å². The molecule has 0 spiro atoms. The van der Waals surface area contributed by atoms with Gasteiger partial charge in [0, 0.05) is 25.1 Å². The lowest BCUT2D eigenvalue weighted by molar-refractivity contribution is 0.0765. The molecule has 0 amide bonds. The fourth-order valence-electron chi connectivity index (χ4n) is 1.43. The largest absolute Gasteiger partial charge is 0.379 e. The van der Waals surface area contributed by atoms with Gasteiger partial charge < -0.3 is 20.3 Å². The summed E-state index contributed by atoms with van der Waals surface area (Å²) in [5.74, 6) is 0.367. The minimum atomic E-state index is 0.332. The summed E-state index contributed by atoms with van der Waals surface area (Å²) in [5.41, 5.74) is 6.28. The van der Waals surface area contributed by atoms with Crippen LogP contribution in [0, 0.1) is 0 Å². The van der Waals surface area contributed by atoms with Crippen molar-refractivity contribution >= 4 is 5.88 Å². The number of nitrogens with one attached hydrogen (secondary N) is 1. The van der Waals surface area contributed by atoms with E-state index in [2.05, 4.69) is 10.5 Å². The highest BCUT2D eigenvalue weighted by molar-refractivity contribution is 5.24. The Bertz CT molecular complexity index is 268. The molecule has 2 heterocycles. The van der Waals surface area contributed by atoms with Crippen LogP contribution in [0.5, 0.6) is 0 Å². The maximum atomic E-state index is 5.40. The minimum Gasteiger partial charge on any atom is -0.379 e. The molecular formula is C8H13N3O2. The van der Waals surface area contributed by atoms with Crippen LogP contribution in [0.25, 0.3) is 0 Å². The Labute approximate surface area is 76.2 Å². The van der Waals surface area contributed by atoms with Gasteiger partial charge in [-0.15, -0.1) is 0 Å². The molecule has 72 valence electrons. The number of ether oxygens (including phenoxy) is 1. The molecule has 0 aliphatic carbocycles. The highest BCUT2D eigenvalue weighted by Crippen LogP contribution is 2.08. The molecule has 1 fully saturated rings. The smallest absolute Gasteiger partial charge is 0.222 e. The average molecular weight is 183 g/mol. The van der Waals surface area contributed by atoms with E-state index in [0.717, 1.165) is 31.9 Å². The predicted octanol–water partition coefficient (Wildman–Crippen LogP) is -0.212. The molecule has 5 heteroatoms. The molecule has 0 radical (unpaired) electrons. The number of nitrogens with zero attached hydrogens (tertiary/aromatic N) is 1. The van der Waals surface area contributed by atoms with Gasteiger partial charge in [0.05, 0.1) is 18.9 Å². The number of hydrogen-bond donors (Lipinski definition) is 2. The molecule has 0 bridgehead atoms. The molecule has 1 unspecified atom stereocenters. The zero-order chi connectivity index (χ0) is 9.10. The number of nitrogen functional groups attached to an aromatic ring is 1. The number of rotatable bonds is 2. The Morgan fingerprint density at radius 3 is 3.23 bits per heavy atom. The molecule has 0 saturated carbocycles. The van der Waals surface area contributed by atoms with Crippen LogP contribution in [0.3, 0.4) is 0 Å². The molecule has 13 heavy (non-hydrogen) atoms. The highest BCUT2D eigenvalue weighted by Gasteiger charge is 2.15. The Kier molecular flexibility index (Phi) is 2.47. The summed E-state index contributed by atoms with van der Waals surface area (Å²) in [4.78, 5) is 0. The summed E-state index contributed by atoms with van der Waals surface area (Å²) in [6, 6.07) is 2.08. The lowest BCUT2D eigenvalue weighted by Crippen LogP contribution is -2.42. The van der Waals surface area contributed by atoms with Crippen molar-refractivity contribution in [2.75, 3.05) is 25.5 Å². The Morgan fingerprint density at radius 2 is 2.62 bits per heavy atom. The molecule has 0 aromatic carbocycles. The molecule has 1 aliphatic rings. The van der Waals surface area contributed by atoms with Crippen LogP contribution in [0.15, 0.2) is 10.6 Å². The Morgan fingerprint density at radius 1 is 1.69 bits per heavy atom. The number of morpholine rings is 1. The summed E-state index contributed by atoms with van der Waals surface area (Å²) in [5, 5.41) is 7.14. The molecule has 1 atom stereocenters. The second-order valence-electron chi connectivity index (χ2n) is 3.15. The first-order valence-electron chi connectivity index (χ1n) is 4.37. The summed E-state index contributed by atoms with van der Waals surface area (Å²) in [6.45, 7) is 2.42. The predicted molar refractivity (Wildman–Crippen MR) is 47.2 cm³/mol. The molecular weight excluding hydrogens is 170 g/mol. The van der Waals surface area contributed by atoms with Gasteiger partial charge in [0.15, 0.2) is 0 Å². The van der Waals surface area contributed by atoms with E-state index in [1.54, 1.807) is 6.07 Å². The number of nitrogens with two attached hydrogens (primary N) is 1. The van der Waals surface area contributed by atoms with Crippen LogP contribution in [0.4, 0.5) is 5.88 Å². The molecule has 1 aliphatic heterocycles. The first-order chi connectivity index (χ1) is 6.34. The first-order valence-corrected chi connectivity index (χ1v) is 4.37. The van der Waals surface area contributed by atoms with Gasteiger partial charge >= 0.3 is 0 Å². The minimum absolute atomic E-state index is 0.332. The third kappa shape index (κ3) is 2.19. The lowest BCUT2D eigenvalue weighted by Gasteiger charge is -2.22. The van der Waals surface area contributed by atoms with E-state index in [0.29, 0.717) is 11.9 Å². The van der Waals surface area contributed by atoms with Gasteiger partial charge in [0.25, 0.3) is 0 Å². The molecule has 2 rings (SSSR count). The van der Waals surface area contributed by atoms with Gasteiger partial charge in [-0.2, -0.15) is 0 Å². The van der Waals surface area contributed by atoms with Crippen LogP contribution in [-0.4, -0.2) is 31.0 Å². The molecule has 1 aromatic heterocycles. The second-order valence-corrected chi connectivity index (χ2v) is 3.15. The van der Waals surface area contributed by atoms with Gasteiger partial charge in [-0.05, 0) is 0 Å². The van der Waals surface area contributed by atoms with E-state index in [1.807, 2.05) is 0 Å². The van der Waals surface area contributed by atoms with Crippen LogP contribution in [0.1, 0.15) is 5.69 Å². The van der Waals surface area contributed by atoms with Crippen LogP contribution in [0.2, 0.25) is 0 Å². The maximum Gasteiger partial charge on any atom is 0.222 e. The van der Waals surface area contributed by atoms with E-state index in [-0.39, 0.29) is 0 Å². The molecule has 1 aromatic rings. The van der Waals surface area contributed by atoms with Crippen LogP contribution >= 0.6 is 0 Å². The normalized spacial score (nSPS) is 23.2. The highest BCUT2D eigenvalue weighted by atomic mass is 16.5. The standard InChI is InChI=1S/C8H13N3O2/c9-8-4-6(11-13-8)3-7-5-12-2-1-10-7/h4,7,10H,1-3,5,9H2. The van der Waals surface area contributed by atoms with E-state index < -0.39 is 0 Å². The fourth-order valence-corrected chi connectivity index (χ4v) is 1.43. The van der Waals surface area contributed by atoms with Gasteiger partial charge in [0.1, 0.15) is 0 Å². The third-order valence-corrected chi connectivity index (χ3v) is 2.03. The number of anilines is 1. The van der Waals surface area contributed by atoms with Crippen molar-refractivity contribution in [2.45, 2.75) is 12.5 Å². The summed E-state index contributed by atoms with van der Waals surface area (Å²) in [6.07, 6.45) is 0.806. The van der Waals surface area contributed by atoms with Crippen molar-refractivity contribution in [3.05, 3.63) is 11.8 Å². The van der Waals surface area contributed by atoms with Gasteiger partial charge in [-0.3, -0.25) is 0 Å². The van der Waals surface area contributed by atoms with Crippen molar-refractivity contribution in [1.29, 1.82) is 0 Å². The molecule has 1 saturated heterocycles. The lowest BCUT2D eigenvalue weighted by atomic mass is 10.1. The van der Waals surface area contributed by atoms with E-state index >= 15 is 0 Å². The van der Waals surface area contributed by atoms with Gasteiger partial charge in [-0.1, -0.05) is 5.16 Å². The Hall–Kier alpha value is -1.07. The second kappa shape index (κ2) is 3.76. The average Bonchev–Trinajstić information content (AvgIpc) is 2.53. The van der Waals surface area contributed by atoms with E-state index in [4.69, 9.17) is 15.0 Å². The van der Waals surface area contributed by atoms with Crippen molar-refractivity contribution in [3.8, 4) is 0 Å². The van der Waals surface area contributed by atoms with Crippen LogP contribution in [-0.2, 0) is 11.2 Å². The summed E-state index contributed by atoms with van der Waals surface area (Å²) in [7, 11) is 0.